The van der Waals surface area contributed by atoms with Crippen LogP contribution in [0.4, 0.5) is 4.79 Å². The molecule has 0 aromatic carbocycles. The Morgan fingerprint density at radius 2 is 2.30 bits per heavy atom. The molecule has 3 heterocycles. The smallest absolute Gasteiger partial charge is 0.318 e. The van der Waals surface area contributed by atoms with E-state index in [1.807, 2.05) is 28.5 Å². The zero-order valence-electron chi connectivity index (χ0n) is 13.1. The van der Waals surface area contributed by atoms with Gasteiger partial charge >= 0.3 is 6.03 Å². The van der Waals surface area contributed by atoms with Crippen molar-refractivity contribution in [3.63, 3.8) is 0 Å². The van der Waals surface area contributed by atoms with Crippen molar-refractivity contribution in [1.29, 1.82) is 0 Å². The van der Waals surface area contributed by atoms with Gasteiger partial charge in [0, 0.05) is 30.2 Å². The molecular formula is C17H21N3O2S. The number of ether oxygens (including phenoxy) is 1. The number of nitrogens with zero attached hydrogens (tertiary/aromatic N) is 2. The molecule has 0 aliphatic carbocycles. The highest BCUT2D eigenvalue weighted by Gasteiger charge is 2.28. The minimum atomic E-state index is -0.00826. The van der Waals surface area contributed by atoms with Gasteiger partial charge < -0.3 is 15.0 Å². The van der Waals surface area contributed by atoms with E-state index in [1.54, 1.807) is 23.7 Å². The number of hydrogen-bond acceptors (Lipinski definition) is 4. The lowest BCUT2D eigenvalue weighted by Crippen LogP contribution is -2.40. The number of likely N-dealkylation sites (tertiary alicyclic amines) is 1. The second-order valence-corrected chi connectivity index (χ2v) is 6.56. The van der Waals surface area contributed by atoms with Crippen LogP contribution in [-0.4, -0.2) is 35.1 Å². The van der Waals surface area contributed by atoms with Crippen molar-refractivity contribution in [3.05, 3.63) is 46.9 Å². The van der Waals surface area contributed by atoms with Crippen molar-refractivity contribution < 1.29 is 9.53 Å². The number of carbonyl (C=O) groups excluding carboxylic acids is 1. The maximum Gasteiger partial charge on any atom is 0.318 e. The van der Waals surface area contributed by atoms with E-state index < -0.39 is 0 Å². The van der Waals surface area contributed by atoms with Crippen LogP contribution in [0.3, 0.4) is 0 Å². The number of urea groups is 1. The van der Waals surface area contributed by atoms with E-state index >= 15 is 0 Å². The summed E-state index contributed by atoms with van der Waals surface area (Å²) in [4.78, 5) is 19.5. The number of carbonyl (C=O) groups is 1. The topological polar surface area (TPSA) is 54.5 Å². The number of aromatic nitrogens is 1. The van der Waals surface area contributed by atoms with E-state index in [1.165, 1.54) is 4.88 Å². The Bertz CT molecular complexity index is 618. The summed E-state index contributed by atoms with van der Waals surface area (Å²) < 4.78 is 5.90. The third-order valence-corrected chi connectivity index (χ3v) is 4.96. The summed E-state index contributed by atoms with van der Waals surface area (Å²) in [5.41, 5.74) is 0. The van der Waals surface area contributed by atoms with E-state index in [4.69, 9.17) is 4.74 Å². The summed E-state index contributed by atoms with van der Waals surface area (Å²) in [6.07, 6.45) is 5.20. The number of nitrogens with one attached hydrogen (secondary N) is 1. The largest absolute Gasteiger partial charge is 0.488 e. The van der Waals surface area contributed by atoms with Crippen molar-refractivity contribution in [2.75, 3.05) is 13.1 Å². The van der Waals surface area contributed by atoms with Gasteiger partial charge in [0.15, 0.2) is 0 Å². The standard InChI is InChI=1S/C17H21N3O2S/c1-2-15(16-4-3-11-23-16)19-17(21)20-10-7-14(12-20)22-13-5-8-18-9-6-13/h3-6,8-9,11,14-15H,2,7,10,12H2,1H3,(H,19,21)/t14-,15+/m0/s1. The van der Waals surface area contributed by atoms with Crippen LogP contribution < -0.4 is 10.1 Å². The van der Waals surface area contributed by atoms with E-state index in [-0.39, 0.29) is 18.2 Å². The zero-order chi connectivity index (χ0) is 16.1. The van der Waals surface area contributed by atoms with Crippen LogP contribution in [0.25, 0.3) is 0 Å². The van der Waals surface area contributed by atoms with Crippen LogP contribution in [0.1, 0.15) is 30.7 Å². The first-order valence-electron chi connectivity index (χ1n) is 7.91. The second kappa shape index (κ2) is 7.46. The Kier molecular flexibility index (Phi) is 5.12. The molecule has 2 atom stereocenters. The average molecular weight is 331 g/mol. The quantitative estimate of drug-likeness (QED) is 0.913. The van der Waals surface area contributed by atoms with E-state index in [0.29, 0.717) is 6.54 Å². The lowest BCUT2D eigenvalue weighted by atomic mass is 10.2. The van der Waals surface area contributed by atoms with Gasteiger partial charge in [-0.3, -0.25) is 4.98 Å². The second-order valence-electron chi connectivity index (χ2n) is 5.58. The first-order chi connectivity index (χ1) is 11.3. The monoisotopic (exact) mass is 331 g/mol. The van der Waals surface area contributed by atoms with Crippen molar-refractivity contribution >= 4 is 17.4 Å². The number of thiophene rings is 1. The summed E-state index contributed by atoms with van der Waals surface area (Å²) in [7, 11) is 0. The molecule has 1 N–H and O–H groups in total. The summed E-state index contributed by atoms with van der Waals surface area (Å²) in [6.45, 7) is 3.43. The molecule has 6 heteroatoms. The van der Waals surface area contributed by atoms with Gasteiger partial charge in [0.2, 0.25) is 0 Å². The van der Waals surface area contributed by atoms with Crippen LogP contribution in [-0.2, 0) is 0 Å². The van der Waals surface area contributed by atoms with Gasteiger partial charge in [-0.25, -0.2) is 4.79 Å². The van der Waals surface area contributed by atoms with Gasteiger partial charge in [-0.1, -0.05) is 13.0 Å². The molecule has 0 unspecified atom stereocenters. The van der Waals surface area contributed by atoms with Crippen LogP contribution in [0.2, 0.25) is 0 Å². The van der Waals surface area contributed by atoms with Crippen LogP contribution in [0.15, 0.2) is 42.0 Å². The van der Waals surface area contributed by atoms with Gasteiger partial charge in [-0.05, 0) is 30.0 Å². The minimum Gasteiger partial charge on any atom is -0.488 e. The Morgan fingerprint density at radius 3 is 3.00 bits per heavy atom. The predicted molar refractivity (Wildman–Crippen MR) is 90.7 cm³/mol. The molecule has 3 rings (SSSR count). The Labute approximate surface area is 140 Å². The predicted octanol–water partition coefficient (Wildman–Crippen LogP) is 3.46. The van der Waals surface area contributed by atoms with Gasteiger partial charge in [0.1, 0.15) is 11.9 Å². The first-order valence-corrected chi connectivity index (χ1v) is 8.79. The maximum absolute atomic E-state index is 12.5. The lowest BCUT2D eigenvalue weighted by Gasteiger charge is -2.22. The van der Waals surface area contributed by atoms with Gasteiger partial charge in [0.25, 0.3) is 0 Å². The molecule has 2 amide bonds. The van der Waals surface area contributed by atoms with Crippen LogP contribution in [0.5, 0.6) is 5.75 Å². The van der Waals surface area contributed by atoms with Crippen molar-refractivity contribution in [1.82, 2.24) is 15.2 Å². The van der Waals surface area contributed by atoms with Crippen molar-refractivity contribution in [2.45, 2.75) is 31.9 Å². The Hall–Kier alpha value is -2.08. The summed E-state index contributed by atoms with van der Waals surface area (Å²) in [5.74, 6) is 0.803. The number of hydrogen-bond donors (Lipinski definition) is 1. The van der Waals surface area contributed by atoms with Gasteiger partial charge in [-0.15, -0.1) is 11.3 Å². The van der Waals surface area contributed by atoms with Gasteiger partial charge in [0.05, 0.1) is 12.6 Å². The third-order valence-electron chi connectivity index (χ3n) is 3.98. The summed E-state index contributed by atoms with van der Waals surface area (Å²) >= 11 is 1.68. The highest BCUT2D eigenvalue weighted by molar-refractivity contribution is 7.10. The van der Waals surface area contributed by atoms with Crippen LogP contribution in [0, 0.1) is 0 Å². The molecule has 1 aliphatic heterocycles. The molecule has 5 nitrogen and oxygen atoms in total. The molecule has 2 aromatic rings. The number of rotatable bonds is 5. The highest BCUT2D eigenvalue weighted by Crippen LogP contribution is 2.23. The molecule has 0 bridgehead atoms. The van der Waals surface area contributed by atoms with E-state index in [0.717, 1.165) is 25.1 Å². The molecule has 122 valence electrons. The lowest BCUT2D eigenvalue weighted by molar-refractivity contribution is 0.184. The fraction of sp³-hybridized carbons (Fsp3) is 0.412. The minimum absolute atomic E-state index is 0.00826. The Morgan fingerprint density at radius 1 is 1.48 bits per heavy atom. The normalized spacial score (nSPS) is 18.7. The Balaban J connectivity index is 1.53. The molecule has 0 spiro atoms. The van der Waals surface area contributed by atoms with Gasteiger partial charge in [-0.2, -0.15) is 0 Å². The first kappa shape index (κ1) is 15.8. The highest BCUT2D eigenvalue weighted by atomic mass is 32.1. The SMILES string of the molecule is CC[C@@H](NC(=O)N1CC[C@H](Oc2ccncc2)C1)c1cccs1. The third kappa shape index (κ3) is 4.01. The fourth-order valence-electron chi connectivity index (χ4n) is 2.72. The molecule has 0 saturated carbocycles. The zero-order valence-corrected chi connectivity index (χ0v) is 14.0. The molecule has 1 aliphatic rings. The van der Waals surface area contributed by atoms with Crippen molar-refractivity contribution in [2.24, 2.45) is 0 Å². The molecular weight excluding hydrogens is 310 g/mol. The van der Waals surface area contributed by atoms with E-state index in [9.17, 15) is 4.79 Å². The molecule has 1 saturated heterocycles. The number of pyridine rings is 1. The van der Waals surface area contributed by atoms with Crippen molar-refractivity contribution in [3.8, 4) is 5.75 Å². The maximum atomic E-state index is 12.5. The fourth-order valence-corrected chi connectivity index (χ4v) is 3.58. The molecule has 2 aromatic heterocycles. The number of amides is 2. The van der Waals surface area contributed by atoms with E-state index in [2.05, 4.69) is 23.3 Å². The molecule has 23 heavy (non-hydrogen) atoms. The molecule has 1 fully saturated rings. The average Bonchev–Trinajstić information content (AvgIpc) is 3.25. The molecule has 0 radical (unpaired) electrons. The summed E-state index contributed by atoms with van der Waals surface area (Å²) in [6, 6.07) is 7.84. The van der Waals surface area contributed by atoms with Crippen LogP contribution >= 0.6 is 11.3 Å². The summed E-state index contributed by atoms with van der Waals surface area (Å²) in [5, 5.41) is 5.17.